The van der Waals surface area contributed by atoms with Crippen molar-refractivity contribution in [2.24, 2.45) is 0 Å². The second-order valence-electron chi connectivity index (χ2n) is 7.43. The summed E-state index contributed by atoms with van der Waals surface area (Å²) in [5.41, 5.74) is 5.59. The van der Waals surface area contributed by atoms with Gasteiger partial charge in [0.1, 0.15) is 22.7 Å². The summed E-state index contributed by atoms with van der Waals surface area (Å²) in [5.74, 6) is 2.93. The van der Waals surface area contributed by atoms with Gasteiger partial charge in [0.05, 0.1) is 26.9 Å². The van der Waals surface area contributed by atoms with Gasteiger partial charge in [-0.1, -0.05) is 35.5 Å². The van der Waals surface area contributed by atoms with Crippen molar-refractivity contribution in [3.63, 3.8) is 0 Å². The summed E-state index contributed by atoms with van der Waals surface area (Å²) >= 11 is 0. The molecule has 0 bridgehead atoms. The van der Waals surface area contributed by atoms with Crippen molar-refractivity contribution in [2.45, 2.75) is 6.92 Å². The fraction of sp³-hybridized carbons (Fsp3) is 0.154. The van der Waals surface area contributed by atoms with Crippen molar-refractivity contribution >= 4 is 11.1 Å². The first-order valence-corrected chi connectivity index (χ1v) is 10.4. The van der Waals surface area contributed by atoms with Crippen LogP contribution >= 0.6 is 0 Å². The predicted octanol–water partition coefficient (Wildman–Crippen LogP) is 6.15. The number of benzene rings is 2. The van der Waals surface area contributed by atoms with Gasteiger partial charge < -0.3 is 23.2 Å². The Hall–Kier alpha value is -4.26. The molecule has 3 heterocycles. The van der Waals surface area contributed by atoms with Crippen LogP contribution < -0.4 is 14.2 Å². The molecule has 0 spiro atoms. The van der Waals surface area contributed by atoms with E-state index in [0.29, 0.717) is 34.4 Å². The highest BCUT2D eigenvalue weighted by molar-refractivity contribution is 5.97. The Labute approximate surface area is 190 Å². The maximum atomic E-state index is 6.34. The standard InChI is InChI=1S/C26H22N2O5/c1-15-23(24(28-33-15)16-8-6-5-7-9-16)18-10-11-27-19-14-20(32-25(18)19)17-12-21(29-2)26(31-4)22(13-17)30-3/h5-14H,1-4H3. The van der Waals surface area contributed by atoms with Crippen LogP contribution in [0, 0.1) is 6.92 Å². The van der Waals surface area contributed by atoms with E-state index in [2.05, 4.69) is 10.1 Å². The van der Waals surface area contributed by atoms with Crippen molar-refractivity contribution in [1.29, 1.82) is 0 Å². The molecule has 0 aliphatic rings. The molecule has 7 nitrogen and oxygen atoms in total. The highest BCUT2D eigenvalue weighted by Gasteiger charge is 2.22. The lowest BCUT2D eigenvalue weighted by Crippen LogP contribution is -1.95. The zero-order chi connectivity index (χ0) is 22.9. The molecule has 2 aromatic carbocycles. The van der Waals surface area contributed by atoms with Crippen molar-refractivity contribution in [1.82, 2.24) is 10.1 Å². The highest BCUT2D eigenvalue weighted by Crippen LogP contribution is 2.44. The van der Waals surface area contributed by atoms with Crippen molar-refractivity contribution in [2.75, 3.05) is 21.3 Å². The first-order valence-electron chi connectivity index (χ1n) is 10.4. The molecule has 0 fully saturated rings. The lowest BCUT2D eigenvalue weighted by atomic mass is 9.99. The monoisotopic (exact) mass is 442 g/mol. The van der Waals surface area contributed by atoms with Gasteiger partial charge in [0.2, 0.25) is 5.75 Å². The van der Waals surface area contributed by atoms with Gasteiger partial charge in [0, 0.05) is 29.0 Å². The van der Waals surface area contributed by atoms with E-state index in [1.807, 2.05) is 61.5 Å². The molecule has 0 N–H and O–H groups in total. The number of hydrogen-bond donors (Lipinski definition) is 0. The molecule has 5 rings (SSSR count). The zero-order valence-corrected chi connectivity index (χ0v) is 18.7. The lowest BCUT2D eigenvalue weighted by molar-refractivity contribution is 0.324. The highest BCUT2D eigenvalue weighted by atomic mass is 16.5. The van der Waals surface area contributed by atoms with Crippen LogP contribution in [0.3, 0.4) is 0 Å². The summed E-state index contributed by atoms with van der Waals surface area (Å²) < 4.78 is 28.3. The first kappa shape index (κ1) is 20.6. The molecule has 0 atom stereocenters. The minimum absolute atomic E-state index is 0.520. The minimum atomic E-state index is 0.520. The Bertz CT molecular complexity index is 1410. The second-order valence-corrected chi connectivity index (χ2v) is 7.43. The van der Waals surface area contributed by atoms with E-state index in [1.54, 1.807) is 27.5 Å². The number of fused-ring (bicyclic) bond motifs is 1. The number of rotatable bonds is 6. The molecule has 0 saturated carbocycles. The Morgan fingerprint density at radius 2 is 1.55 bits per heavy atom. The number of furan rings is 1. The van der Waals surface area contributed by atoms with Crippen molar-refractivity contribution in [3.8, 4) is 51.0 Å². The van der Waals surface area contributed by atoms with Gasteiger partial charge in [-0.05, 0) is 25.1 Å². The number of nitrogens with zero attached hydrogens (tertiary/aromatic N) is 2. The maximum absolute atomic E-state index is 6.34. The smallest absolute Gasteiger partial charge is 0.203 e. The first-order chi connectivity index (χ1) is 16.1. The molecule has 0 unspecified atom stereocenters. The molecule has 166 valence electrons. The van der Waals surface area contributed by atoms with E-state index in [4.69, 9.17) is 23.2 Å². The number of methoxy groups -OCH3 is 3. The number of hydrogen-bond acceptors (Lipinski definition) is 7. The van der Waals surface area contributed by atoms with Crippen LogP contribution in [-0.4, -0.2) is 31.5 Å². The van der Waals surface area contributed by atoms with E-state index in [0.717, 1.165) is 33.5 Å². The van der Waals surface area contributed by atoms with Crippen LogP contribution in [-0.2, 0) is 0 Å². The summed E-state index contributed by atoms with van der Waals surface area (Å²) in [7, 11) is 4.74. The second kappa shape index (κ2) is 8.35. The largest absolute Gasteiger partial charge is 0.493 e. The summed E-state index contributed by atoms with van der Waals surface area (Å²) in [6.45, 7) is 1.89. The van der Waals surface area contributed by atoms with Gasteiger partial charge in [-0.3, -0.25) is 4.98 Å². The molecule has 5 aromatic rings. The molecule has 0 aliphatic heterocycles. The third kappa shape index (κ3) is 3.47. The number of aromatic nitrogens is 2. The minimum Gasteiger partial charge on any atom is -0.493 e. The average molecular weight is 442 g/mol. The topological polar surface area (TPSA) is 79.8 Å². The van der Waals surface area contributed by atoms with Crippen LogP contribution in [0.15, 0.2) is 69.7 Å². The van der Waals surface area contributed by atoms with Crippen molar-refractivity contribution < 1.29 is 23.2 Å². The third-order valence-corrected chi connectivity index (χ3v) is 5.54. The summed E-state index contributed by atoms with van der Waals surface area (Å²) in [6.07, 6.45) is 1.76. The van der Waals surface area contributed by atoms with Crippen LogP contribution in [0.25, 0.3) is 44.8 Å². The van der Waals surface area contributed by atoms with Crippen molar-refractivity contribution in [3.05, 3.63) is 66.6 Å². The maximum Gasteiger partial charge on any atom is 0.203 e. The zero-order valence-electron chi connectivity index (χ0n) is 18.7. The van der Waals surface area contributed by atoms with E-state index in [9.17, 15) is 0 Å². The molecule has 0 aliphatic carbocycles. The van der Waals surface area contributed by atoms with Gasteiger partial charge >= 0.3 is 0 Å². The normalized spacial score (nSPS) is 11.0. The Morgan fingerprint density at radius 1 is 0.818 bits per heavy atom. The molecular formula is C26H22N2O5. The molecule has 0 radical (unpaired) electrons. The molecule has 0 amide bonds. The van der Waals surface area contributed by atoms with E-state index < -0.39 is 0 Å². The van der Waals surface area contributed by atoms with Gasteiger partial charge in [-0.15, -0.1) is 0 Å². The van der Waals surface area contributed by atoms with Gasteiger partial charge in [-0.2, -0.15) is 0 Å². The summed E-state index contributed by atoms with van der Waals surface area (Å²) in [6, 6.07) is 17.4. The van der Waals surface area contributed by atoms with Crippen LogP contribution in [0.4, 0.5) is 0 Å². The quantitative estimate of drug-likeness (QED) is 0.312. The molecular weight excluding hydrogens is 420 g/mol. The predicted molar refractivity (Wildman–Crippen MR) is 125 cm³/mol. The SMILES string of the molecule is COc1cc(-c2cc3nccc(-c4c(-c5ccccc5)noc4C)c3o2)cc(OC)c1OC. The fourth-order valence-corrected chi connectivity index (χ4v) is 3.98. The average Bonchev–Trinajstić information content (AvgIpc) is 3.47. The Morgan fingerprint density at radius 3 is 2.21 bits per heavy atom. The van der Waals surface area contributed by atoms with Crippen LogP contribution in [0.1, 0.15) is 5.76 Å². The molecule has 7 heteroatoms. The summed E-state index contributed by atoms with van der Waals surface area (Å²) in [4.78, 5) is 4.52. The lowest BCUT2D eigenvalue weighted by Gasteiger charge is -2.13. The summed E-state index contributed by atoms with van der Waals surface area (Å²) in [5, 5.41) is 4.31. The van der Waals surface area contributed by atoms with E-state index in [-0.39, 0.29) is 0 Å². The van der Waals surface area contributed by atoms with Gasteiger partial charge in [-0.25, -0.2) is 0 Å². The number of pyridine rings is 1. The molecule has 0 saturated heterocycles. The van der Waals surface area contributed by atoms with E-state index in [1.165, 1.54) is 0 Å². The Balaban J connectivity index is 1.69. The third-order valence-electron chi connectivity index (χ3n) is 5.54. The van der Waals surface area contributed by atoms with Crippen LogP contribution in [0.2, 0.25) is 0 Å². The number of ether oxygens (including phenoxy) is 3. The van der Waals surface area contributed by atoms with Crippen LogP contribution in [0.5, 0.6) is 17.2 Å². The molecule has 33 heavy (non-hydrogen) atoms. The van der Waals surface area contributed by atoms with Gasteiger partial charge in [0.25, 0.3) is 0 Å². The Kier molecular flexibility index (Phi) is 5.22. The fourth-order valence-electron chi connectivity index (χ4n) is 3.98. The number of aryl methyl sites for hydroxylation is 1. The van der Waals surface area contributed by atoms with E-state index >= 15 is 0 Å². The molecule has 3 aromatic heterocycles. The van der Waals surface area contributed by atoms with Gasteiger partial charge in [0.15, 0.2) is 17.1 Å².